The van der Waals surface area contributed by atoms with Crippen LogP contribution < -0.4 is 10.1 Å². The van der Waals surface area contributed by atoms with Gasteiger partial charge in [-0.25, -0.2) is 4.98 Å². The molecule has 0 aliphatic rings. The summed E-state index contributed by atoms with van der Waals surface area (Å²) in [5, 5.41) is 16.7. The molecule has 0 saturated carbocycles. The van der Waals surface area contributed by atoms with E-state index in [0.717, 1.165) is 11.1 Å². The standard InChI is InChI=1S/C21H22ClN3O4/c1-21(2,13-26)12-24-20(27)15-5-8-18(23-9-15)28-10-16-11-29-25-19(16)14-3-6-17(22)7-4-14/h3-9,11,26H,10,12-13H2,1-2H3,(H,24,27). The summed E-state index contributed by atoms with van der Waals surface area (Å²) >= 11 is 5.92. The third-order valence-corrected chi connectivity index (χ3v) is 4.54. The Kier molecular flexibility index (Phi) is 6.51. The number of carbonyl (C=O) groups is 1. The summed E-state index contributed by atoms with van der Waals surface area (Å²) in [6.07, 6.45) is 2.97. The molecule has 1 aromatic carbocycles. The lowest BCUT2D eigenvalue weighted by Crippen LogP contribution is -2.36. The minimum Gasteiger partial charge on any atom is -0.473 e. The number of carbonyl (C=O) groups excluding carboxylic acids is 1. The predicted octanol–water partition coefficient (Wildman–Crippen LogP) is 3.72. The molecular weight excluding hydrogens is 394 g/mol. The normalized spacial score (nSPS) is 11.3. The van der Waals surface area contributed by atoms with Gasteiger partial charge in [0.15, 0.2) is 0 Å². The van der Waals surface area contributed by atoms with E-state index in [2.05, 4.69) is 15.5 Å². The third-order valence-electron chi connectivity index (χ3n) is 4.29. The molecule has 0 atom stereocenters. The largest absolute Gasteiger partial charge is 0.473 e. The lowest BCUT2D eigenvalue weighted by Gasteiger charge is -2.21. The molecule has 7 nitrogen and oxygen atoms in total. The number of nitrogens with zero attached hydrogens (tertiary/aromatic N) is 2. The second-order valence-corrected chi connectivity index (χ2v) is 7.81. The first-order valence-corrected chi connectivity index (χ1v) is 9.43. The van der Waals surface area contributed by atoms with Crippen LogP contribution in [-0.2, 0) is 6.61 Å². The van der Waals surface area contributed by atoms with Gasteiger partial charge in [0.1, 0.15) is 18.6 Å². The van der Waals surface area contributed by atoms with Gasteiger partial charge in [-0.3, -0.25) is 4.79 Å². The molecule has 1 amide bonds. The Morgan fingerprint density at radius 2 is 2.00 bits per heavy atom. The number of halogens is 1. The first-order valence-electron chi connectivity index (χ1n) is 9.05. The number of rotatable bonds is 8. The number of nitrogens with one attached hydrogen (secondary N) is 1. The van der Waals surface area contributed by atoms with E-state index < -0.39 is 0 Å². The van der Waals surface area contributed by atoms with Crippen LogP contribution in [0.3, 0.4) is 0 Å². The molecular formula is C21H22ClN3O4. The van der Waals surface area contributed by atoms with E-state index in [4.69, 9.17) is 20.9 Å². The van der Waals surface area contributed by atoms with Gasteiger partial charge in [-0.2, -0.15) is 0 Å². The van der Waals surface area contributed by atoms with Crippen LogP contribution in [0.1, 0.15) is 29.8 Å². The van der Waals surface area contributed by atoms with E-state index >= 15 is 0 Å². The van der Waals surface area contributed by atoms with Crippen molar-refractivity contribution in [1.29, 1.82) is 0 Å². The predicted molar refractivity (Wildman–Crippen MR) is 109 cm³/mol. The van der Waals surface area contributed by atoms with Gasteiger partial charge < -0.3 is 19.7 Å². The maximum atomic E-state index is 12.2. The van der Waals surface area contributed by atoms with Gasteiger partial charge in [0.2, 0.25) is 5.88 Å². The Hall–Kier alpha value is -2.90. The van der Waals surface area contributed by atoms with E-state index in [0.29, 0.717) is 28.7 Å². The molecule has 2 N–H and O–H groups in total. The van der Waals surface area contributed by atoms with E-state index in [-0.39, 0.29) is 24.5 Å². The number of ether oxygens (including phenoxy) is 1. The molecule has 2 aromatic heterocycles. The molecule has 0 radical (unpaired) electrons. The van der Waals surface area contributed by atoms with Crippen molar-refractivity contribution in [3.05, 3.63) is 65.0 Å². The molecule has 3 rings (SSSR count). The third kappa shape index (κ3) is 5.56. The number of aromatic nitrogens is 2. The zero-order valence-corrected chi connectivity index (χ0v) is 16.9. The summed E-state index contributed by atoms with van der Waals surface area (Å²) < 4.78 is 10.8. The second kappa shape index (κ2) is 9.07. The maximum absolute atomic E-state index is 12.2. The van der Waals surface area contributed by atoms with E-state index in [1.54, 1.807) is 24.3 Å². The maximum Gasteiger partial charge on any atom is 0.252 e. The minimum absolute atomic E-state index is 0.0147. The van der Waals surface area contributed by atoms with Gasteiger partial charge in [-0.15, -0.1) is 0 Å². The molecule has 152 valence electrons. The van der Waals surface area contributed by atoms with Crippen molar-refractivity contribution in [3.63, 3.8) is 0 Å². The molecule has 0 aliphatic carbocycles. The van der Waals surface area contributed by atoms with Crippen LogP contribution in [0.2, 0.25) is 5.02 Å². The number of amides is 1. The number of hydrogen-bond donors (Lipinski definition) is 2. The summed E-state index contributed by atoms with van der Waals surface area (Å²) in [6, 6.07) is 10.5. The SMILES string of the molecule is CC(C)(CO)CNC(=O)c1ccc(OCc2conc2-c2ccc(Cl)cc2)nc1. The lowest BCUT2D eigenvalue weighted by molar-refractivity contribution is 0.0910. The molecule has 0 saturated heterocycles. The Morgan fingerprint density at radius 1 is 1.24 bits per heavy atom. The average molecular weight is 416 g/mol. The highest BCUT2D eigenvalue weighted by atomic mass is 35.5. The average Bonchev–Trinajstić information content (AvgIpc) is 3.20. The Balaban J connectivity index is 1.59. The number of aliphatic hydroxyl groups excluding tert-OH is 1. The van der Waals surface area contributed by atoms with Crippen LogP contribution in [0.5, 0.6) is 5.88 Å². The van der Waals surface area contributed by atoms with Crippen LogP contribution in [0.15, 0.2) is 53.4 Å². The van der Waals surface area contributed by atoms with Crippen molar-refractivity contribution in [2.45, 2.75) is 20.5 Å². The summed E-state index contributed by atoms with van der Waals surface area (Å²) in [5.74, 6) is 0.120. The summed E-state index contributed by atoms with van der Waals surface area (Å²) in [5.41, 5.74) is 2.34. The van der Waals surface area contributed by atoms with Crippen molar-refractivity contribution in [2.75, 3.05) is 13.2 Å². The van der Waals surface area contributed by atoms with E-state index in [1.807, 2.05) is 26.0 Å². The first-order chi connectivity index (χ1) is 13.9. The second-order valence-electron chi connectivity index (χ2n) is 7.37. The van der Waals surface area contributed by atoms with Crippen LogP contribution in [0, 0.1) is 5.41 Å². The fourth-order valence-corrected chi connectivity index (χ4v) is 2.56. The first kappa shape index (κ1) is 20.8. The quantitative estimate of drug-likeness (QED) is 0.582. The van der Waals surface area contributed by atoms with E-state index in [1.165, 1.54) is 12.5 Å². The zero-order valence-electron chi connectivity index (χ0n) is 16.2. The molecule has 2 heterocycles. The number of benzene rings is 1. The van der Waals surface area contributed by atoms with Crippen LogP contribution in [0.4, 0.5) is 0 Å². The zero-order chi connectivity index (χ0) is 20.9. The highest BCUT2D eigenvalue weighted by Crippen LogP contribution is 2.24. The molecule has 0 fully saturated rings. The monoisotopic (exact) mass is 415 g/mol. The summed E-state index contributed by atoms with van der Waals surface area (Å²) in [7, 11) is 0. The highest BCUT2D eigenvalue weighted by Gasteiger charge is 2.18. The number of hydrogen-bond acceptors (Lipinski definition) is 6. The van der Waals surface area contributed by atoms with Crippen molar-refractivity contribution in [3.8, 4) is 17.1 Å². The fourth-order valence-electron chi connectivity index (χ4n) is 2.43. The molecule has 0 spiro atoms. The van der Waals surface area contributed by atoms with Crippen LogP contribution in [0.25, 0.3) is 11.3 Å². The number of aliphatic hydroxyl groups is 1. The van der Waals surface area contributed by atoms with Gasteiger partial charge in [-0.1, -0.05) is 42.7 Å². The molecule has 3 aromatic rings. The number of pyridine rings is 1. The molecule has 8 heteroatoms. The Labute approximate surface area is 173 Å². The summed E-state index contributed by atoms with van der Waals surface area (Å²) in [4.78, 5) is 16.4. The summed E-state index contributed by atoms with van der Waals surface area (Å²) in [6.45, 7) is 4.29. The minimum atomic E-state index is -0.382. The van der Waals surface area contributed by atoms with E-state index in [9.17, 15) is 9.90 Å². The Bertz CT molecular complexity index is 953. The van der Waals surface area contributed by atoms with Crippen LogP contribution >= 0.6 is 11.6 Å². The van der Waals surface area contributed by atoms with Gasteiger partial charge in [-0.05, 0) is 18.2 Å². The molecule has 0 aliphatic heterocycles. The fraction of sp³-hybridized carbons (Fsp3) is 0.286. The van der Waals surface area contributed by atoms with Crippen molar-refractivity contribution >= 4 is 17.5 Å². The molecule has 0 bridgehead atoms. The smallest absolute Gasteiger partial charge is 0.252 e. The highest BCUT2D eigenvalue weighted by molar-refractivity contribution is 6.30. The topological polar surface area (TPSA) is 97.5 Å². The van der Waals surface area contributed by atoms with Crippen LogP contribution in [-0.4, -0.2) is 34.3 Å². The van der Waals surface area contributed by atoms with Gasteiger partial charge >= 0.3 is 0 Å². The van der Waals surface area contributed by atoms with Crippen molar-refractivity contribution in [2.24, 2.45) is 5.41 Å². The van der Waals surface area contributed by atoms with Gasteiger partial charge in [0.05, 0.1) is 11.1 Å². The lowest BCUT2D eigenvalue weighted by atomic mass is 9.95. The van der Waals surface area contributed by atoms with Gasteiger partial charge in [0.25, 0.3) is 5.91 Å². The molecule has 29 heavy (non-hydrogen) atoms. The van der Waals surface area contributed by atoms with Crippen molar-refractivity contribution in [1.82, 2.24) is 15.5 Å². The Morgan fingerprint density at radius 3 is 2.66 bits per heavy atom. The molecule has 0 unspecified atom stereocenters. The van der Waals surface area contributed by atoms with Crippen molar-refractivity contribution < 1.29 is 19.2 Å². The van der Waals surface area contributed by atoms with Gasteiger partial charge in [0, 0.05) is 41.4 Å².